The molecule has 0 unspecified atom stereocenters. The maximum absolute atomic E-state index is 11.9. The molecule has 0 spiro atoms. The van der Waals surface area contributed by atoms with Crippen molar-refractivity contribution in [3.8, 4) is 45.0 Å². The molecule has 1 aliphatic carbocycles. The monoisotopic (exact) mass is 1620 g/mol. The van der Waals surface area contributed by atoms with Crippen molar-refractivity contribution in [3.05, 3.63) is 221 Å². The molecule has 3 saturated heterocycles. The second-order valence-corrected chi connectivity index (χ2v) is 27.9. The van der Waals surface area contributed by atoms with Gasteiger partial charge in [0, 0.05) is 68.6 Å². The molecule has 1 saturated carbocycles. The number of ether oxygens (including phenoxy) is 2. The number of benzene rings is 8. The normalized spacial score (nSPS) is 14.0. The van der Waals surface area contributed by atoms with Gasteiger partial charge in [-0.05, 0) is 127 Å². The van der Waals surface area contributed by atoms with E-state index in [1.807, 2.05) is 115 Å². The number of carbonyl (C=O) groups is 4. The molecule has 0 amide bonds. The van der Waals surface area contributed by atoms with Crippen LogP contribution in [0.5, 0.6) is 0 Å². The number of anilines is 3. The Hall–Kier alpha value is -10.3. The van der Waals surface area contributed by atoms with Crippen molar-refractivity contribution in [2.75, 3.05) is 82.5 Å². The molecule has 114 heavy (non-hydrogen) atoms. The number of aliphatic hydroxyl groups excluding tert-OH is 1. The standard InChI is InChI=1S/C22H23N3O2.2C21H21N3O2.C16H11BrN2O2.C7H14.CH3F.CH4O.CH4.Na.H2O/c1-27-22(26)17-11-12-18-19(15-17)24-21(25-13-7-2-3-8-14-25)20(23-18)16-9-5-4-6-10-16;2*25-21(26)16-10-11-17-18(14-16)23-20(24-12-6-1-2-7-13-24)19(22-17)15-8-4-3-5-9-15;1-21-16(20)11-7-8-12-13(9-11)19-15(17)14(18-12)10-5-3-2-4-6-10;1-2-4-6-7-5-3-1;2*1-2;;;/h4-6,9-12,15H,2-3,7-8,13-14H2,1H3;2*3-5,8-11,14H,1-2,6-7,12-13H2,(H,25,26);2-9H,1H3;1-7H2;1H3;2H,1H3;1H4;;1H2/q;;;;;;;;+1;/p-1/i;;;;;1D;;;;. The van der Waals surface area contributed by atoms with Crippen LogP contribution in [-0.2, 0) is 9.47 Å². The Morgan fingerprint density at radius 3 is 0.825 bits per heavy atom. The second-order valence-electron chi connectivity index (χ2n) is 27.1. The maximum Gasteiger partial charge on any atom is 1.00 e. The number of hydrogen-bond acceptors (Lipinski definition) is 19. The van der Waals surface area contributed by atoms with Gasteiger partial charge >= 0.3 is 53.4 Å². The number of methoxy groups -OCH3 is 2. The van der Waals surface area contributed by atoms with E-state index in [4.69, 9.17) is 45.9 Å². The second kappa shape index (κ2) is 47.4. The Morgan fingerprint density at radius 2 is 0.570 bits per heavy atom. The third-order valence-electron chi connectivity index (χ3n) is 19.6. The molecule has 0 radical (unpaired) electrons. The van der Waals surface area contributed by atoms with Gasteiger partial charge in [0.05, 0.1) is 89.1 Å². The Balaban J connectivity index is 0.000000201. The number of carboxylic acids is 2. The summed E-state index contributed by atoms with van der Waals surface area (Å²) in [6, 6.07) is 60.5. The summed E-state index contributed by atoms with van der Waals surface area (Å²) in [5.41, 5.74) is 14.5. The van der Waals surface area contributed by atoms with Crippen molar-refractivity contribution in [1.29, 1.82) is 0 Å². The van der Waals surface area contributed by atoms with Crippen molar-refractivity contribution in [2.45, 2.75) is 129 Å². The molecular formula is C90H102BrFN11NaO10. The van der Waals surface area contributed by atoms with Gasteiger partial charge in [-0.25, -0.2) is 59.0 Å². The van der Waals surface area contributed by atoms with Crippen molar-refractivity contribution in [1.82, 2.24) is 39.9 Å². The smallest absolute Gasteiger partial charge is 0.870 e. The summed E-state index contributed by atoms with van der Waals surface area (Å²) in [5, 5.41) is 25.5. The van der Waals surface area contributed by atoms with Gasteiger partial charge in [0.15, 0.2) is 17.5 Å². The summed E-state index contributed by atoms with van der Waals surface area (Å²) in [4.78, 5) is 91.4. The third-order valence-corrected chi connectivity index (χ3v) is 20.1. The fourth-order valence-corrected chi connectivity index (χ4v) is 14.3. The zero-order valence-corrected chi connectivity index (χ0v) is 68.4. The van der Waals surface area contributed by atoms with E-state index < -0.39 is 19.1 Å². The van der Waals surface area contributed by atoms with Gasteiger partial charge in [0.1, 0.15) is 27.4 Å². The molecule has 21 nitrogen and oxygen atoms in total. The van der Waals surface area contributed by atoms with Gasteiger partial charge in [0.25, 0.3) is 0 Å². The van der Waals surface area contributed by atoms with Gasteiger partial charge in [-0.2, -0.15) is 0 Å². The Bertz CT molecular complexity index is 4870. The first-order valence-corrected chi connectivity index (χ1v) is 38.9. The number of aliphatic hydroxyl groups is 1. The topological polar surface area (TPSA) is 290 Å². The molecule has 4 aromatic heterocycles. The summed E-state index contributed by atoms with van der Waals surface area (Å²) in [6.45, 7) is 5.79. The number of fused-ring (bicyclic) bond motifs is 4. The largest absolute Gasteiger partial charge is 1.00 e. The van der Waals surface area contributed by atoms with Crippen LogP contribution in [0, 0.1) is 0 Å². The van der Waals surface area contributed by atoms with Gasteiger partial charge in [-0.15, -0.1) is 0 Å². The Morgan fingerprint density at radius 1 is 0.351 bits per heavy atom. The van der Waals surface area contributed by atoms with Crippen LogP contribution in [0.4, 0.5) is 21.8 Å². The first-order chi connectivity index (χ1) is 54.8. The number of rotatable bonds is 11. The SMILES string of the molecule is C.C1CCCCCC1.CO.COC(=O)c1ccc2nc(-c3ccccc3)c(Br)nc2c1.COC(=O)c1ccc2nc(-c3ccccc3)c(N3CCCCCC3)nc2c1.O=C(O)c1ccc2nc(-c3ccccc3)c(N3CCCCCC3)nc2c1.O=C(O)c1ccc2nc(-c3ccccc3)c(N3CCCCCC3)nc2c1.[2H]CF.[Na+].[OH-]. The molecule has 0 atom stereocenters. The van der Waals surface area contributed by atoms with Crippen LogP contribution in [0.1, 0.15) is 172 Å². The molecule has 8 aromatic carbocycles. The minimum Gasteiger partial charge on any atom is -0.870 e. The number of carboxylic acid groups (broad SMARTS) is 2. The van der Waals surface area contributed by atoms with Crippen LogP contribution in [-0.4, -0.2) is 152 Å². The van der Waals surface area contributed by atoms with Crippen LogP contribution in [0.15, 0.2) is 199 Å². The molecule has 4 aliphatic rings. The summed E-state index contributed by atoms with van der Waals surface area (Å²) in [5.74, 6) is -0.0303. The number of aromatic nitrogens is 8. The average Bonchev–Trinajstić information content (AvgIpc) is 1.36. The van der Waals surface area contributed by atoms with E-state index in [2.05, 4.69) is 52.7 Å². The minimum absolute atomic E-state index is 0. The van der Waals surface area contributed by atoms with Crippen LogP contribution >= 0.6 is 15.9 Å². The molecule has 7 heterocycles. The summed E-state index contributed by atoms with van der Waals surface area (Å²) in [7, 11) is 2.74. The molecular weight excluding hydrogens is 1520 g/mol. The molecule has 12 aromatic rings. The van der Waals surface area contributed by atoms with Crippen molar-refractivity contribution in [3.63, 3.8) is 0 Å². The van der Waals surface area contributed by atoms with Crippen LogP contribution < -0.4 is 44.3 Å². The number of alkyl halides is 1. The van der Waals surface area contributed by atoms with Gasteiger partial charge in [-0.3, -0.25) is 4.39 Å². The number of carbonyl (C=O) groups excluding carboxylic acids is 2. The number of nitrogens with zero attached hydrogens (tertiary/aromatic N) is 11. The number of halogens is 2. The van der Waals surface area contributed by atoms with Gasteiger partial charge in [-0.1, -0.05) is 212 Å². The minimum atomic E-state index is -1.00. The Labute approximate surface area is 699 Å². The molecule has 0 bridgehead atoms. The van der Waals surface area contributed by atoms with Crippen molar-refractivity contribution < 1.29 is 84.8 Å². The van der Waals surface area contributed by atoms with Crippen LogP contribution in [0.25, 0.3) is 89.2 Å². The predicted octanol–water partition coefficient (Wildman–Crippen LogP) is 17.4. The molecule has 4 fully saturated rings. The fraction of sp³-hybridized carbons (Fsp3) is 0.333. The molecule has 4 N–H and O–H groups in total. The van der Waals surface area contributed by atoms with E-state index >= 15 is 0 Å². The van der Waals surface area contributed by atoms with Crippen molar-refractivity contribution in [2.24, 2.45) is 0 Å². The molecule has 3 aliphatic heterocycles. The van der Waals surface area contributed by atoms with Gasteiger partial charge < -0.3 is 45.0 Å². The van der Waals surface area contributed by atoms with Gasteiger partial charge in [0.2, 0.25) is 0 Å². The van der Waals surface area contributed by atoms with E-state index in [9.17, 15) is 33.8 Å². The number of hydrogen-bond donors (Lipinski definition) is 3. The summed E-state index contributed by atoms with van der Waals surface area (Å²) < 4.78 is 25.7. The molecule has 24 heteroatoms. The average molecular weight is 1620 g/mol. The van der Waals surface area contributed by atoms with Crippen molar-refractivity contribution >= 4 is 101 Å². The molecule has 592 valence electrons. The maximum atomic E-state index is 11.9. The number of esters is 2. The first-order valence-electron chi connectivity index (χ1n) is 38.8. The summed E-state index contributed by atoms with van der Waals surface area (Å²) >= 11 is 3.44. The molecule has 16 rings (SSSR count). The van der Waals surface area contributed by atoms with E-state index in [1.54, 1.807) is 66.7 Å². The Kier molecular flexibility index (Phi) is 37.1. The fourth-order valence-electron chi connectivity index (χ4n) is 13.8. The summed E-state index contributed by atoms with van der Waals surface area (Å²) in [6.07, 6.45) is 24.9. The third kappa shape index (κ3) is 24.9. The zero-order chi connectivity index (χ0) is 79.0. The number of aromatic carboxylic acids is 2. The van der Waals surface area contributed by atoms with E-state index in [0.29, 0.717) is 43.3 Å². The first kappa shape index (κ1) is 89.3. The van der Waals surface area contributed by atoms with E-state index in [1.165, 1.54) is 97.7 Å². The van der Waals surface area contributed by atoms with E-state index in [0.717, 1.165) is 164 Å². The van der Waals surface area contributed by atoms with E-state index in [-0.39, 0.29) is 65.5 Å². The van der Waals surface area contributed by atoms with Crippen LogP contribution in [0.3, 0.4) is 0 Å². The predicted molar refractivity (Wildman–Crippen MR) is 452 cm³/mol. The zero-order valence-electron chi connectivity index (χ0n) is 65.8. The van der Waals surface area contributed by atoms with Crippen LogP contribution in [0.2, 0.25) is 0 Å². The quantitative estimate of drug-likeness (QED) is 0.0616.